The number of halogens is 2. The minimum atomic E-state index is -0.765. The van der Waals surface area contributed by atoms with Crippen molar-refractivity contribution in [3.8, 4) is 0 Å². The lowest BCUT2D eigenvalue weighted by molar-refractivity contribution is -0.119. The highest BCUT2D eigenvalue weighted by Crippen LogP contribution is 2.32. The lowest BCUT2D eigenvalue weighted by atomic mass is 10.2. The first-order chi connectivity index (χ1) is 10.8. The number of aryl methyl sites for hydroxylation is 2. The molecule has 0 atom stereocenters. The first kappa shape index (κ1) is 17.5. The molecule has 2 rings (SSSR count). The van der Waals surface area contributed by atoms with Crippen LogP contribution in [-0.4, -0.2) is 23.6 Å². The van der Waals surface area contributed by atoms with E-state index in [2.05, 4.69) is 46.9 Å². The van der Waals surface area contributed by atoms with Crippen LogP contribution in [0.1, 0.15) is 21.6 Å². The van der Waals surface area contributed by atoms with Gasteiger partial charge < -0.3 is 20.3 Å². The summed E-state index contributed by atoms with van der Waals surface area (Å²) < 4.78 is 11.0. The molecule has 1 aromatic carbocycles. The van der Waals surface area contributed by atoms with E-state index in [1.165, 1.54) is 0 Å². The summed E-state index contributed by atoms with van der Waals surface area (Å²) in [6, 6.07) is 3.71. The monoisotopic (exact) mass is 445 g/mol. The van der Waals surface area contributed by atoms with E-state index in [-0.39, 0.29) is 11.4 Å². The third kappa shape index (κ3) is 4.11. The van der Waals surface area contributed by atoms with Gasteiger partial charge in [0.1, 0.15) is 5.56 Å². The van der Waals surface area contributed by atoms with Crippen molar-refractivity contribution in [1.29, 1.82) is 0 Å². The third-order valence-corrected chi connectivity index (χ3v) is 4.13. The number of rotatable bonds is 4. The first-order valence-corrected chi connectivity index (χ1v) is 8.02. The number of nitrogens with zero attached hydrogens (tertiary/aromatic N) is 1. The van der Waals surface area contributed by atoms with Crippen molar-refractivity contribution in [2.75, 3.05) is 17.7 Å². The molecule has 0 saturated heterocycles. The number of hydrogen-bond donors (Lipinski definition) is 2. The van der Waals surface area contributed by atoms with E-state index < -0.39 is 18.5 Å². The summed E-state index contributed by atoms with van der Waals surface area (Å²) in [4.78, 5) is 23.8. The minimum absolute atomic E-state index is 0.0236. The number of hydrogen-bond acceptors (Lipinski definition) is 6. The largest absolute Gasteiger partial charge is 0.452 e. The second kappa shape index (κ2) is 7.14. The molecule has 1 aromatic heterocycles. The van der Waals surface area contributed by atoms with Crippen LogP contribution in [0, 0.1) is 13.8 Å². The number of amides is 1. The van der Waals surface area contributed by atoms with Crippen LogP contribution >= 0.6 is 31.9 Å². The maximum Gasteiger partial charge on any atom is 0.346 e. The average Bonchev–Trinajstić information content (AvgIpc) is 2.79. The zero-order valence-corrected chi connectivity index (χ0v) is 15.4. The molecule has 1 heterocycles. The summed E-state index contributed by atoms with van der Waals surface area (Å²) in [5, 5.41) is 6.21. The molecule has 2 aromatic rings. The van der Waals surface area contributed by atoms with Gasteiger partial charge in [-0.1, -0.05) is 5.16 Å². The van der Waals surface area contributed by atoms with Crippen LogP contribution in [0.2, 0.25) is 0 Å². The molecule has 0 saturated carbocycles. The predicted molar refractivity (Wildman–Crippen MR) is 91.1 cm³/mol. The fourth-order valence-electron chi connectivity index (χ4n) is 1.83. The number of nitrogens with two attached hydrogens (primary N) is 1. The Hall–Kier alpha value is -1.87. The number of nitrogen functional groups attached to an aromatic ring is 1. The van der Waals surface area contributed by atoms with Crippen molar-refractivity contribution in [3.05, 3.63) is 37.9 Å². The molecule has 0 aliphatic rings. The topological polar surface area (TPSA) is 107 Å². The lowest BCUT2D eigenvalue weighted by Crippen LogP contribution is -2.22. The predicted octanol–water partition coefficient (Wildman–Crippen LogP) is 3.19. The van der Waals surface area contributed by atoms with Gasteiger partial charge in [-0.2, -0.15) is 0 Å². The van der Waals surface area contributed by atoms with E-state index in [1.54, 1.807) is 6.92 Å². The maximum atomic E-state index is 11.9. The van der Waals surface area contributed by atoms with Crippen molar-refractivity contribution in [1.82, 2.24) is 5.16 Å². The molecule has 0 radical (unpaired) electrons. The molecule has 0 fully saturated rings. The van der Waals surface area contributed by atoms with Crippen LogP contribution in [0.5, 0.6) is 0 Å². The SMILES string of the molecule is Cc1cc(Br)c(NC(=O)COC(=O)c2c(C)noc2N)c(Br)c1. The second-order valence-corrected chi connectivity index (χ2v) is 6.44. The van der Waals surface area contributed by atoms with Crippen molar-refractivity contribution >= 4 is 55.3 Å². The van der Waals surface area contributed by atoms with Gasteiger partial charge in [0.2, 0.25) is 5.88 Å². The average molecular weight is 447 g/mol. The number of benzene rings is 1. The van der Waals surface area contributed by atoms with Gasteiger partial charge in [0, 0.05) is 8.95 Å². The first-order valence-electron chi connectivity index (χ1n) is 6.44. The number of ether oxygens (including phenoxy) is 1. The molecule has 0 aliphatic carbocycles. The lowest BCUT2D eigenvalue weighted by Gasteiger charge is -2.11. The van der Waals surface area contributed by atoms with Crippen LogP contribution < -0.4 is 11.1 Å². The standard InChI is InChI=1S/C14H13Br2N3O4/c1-6-3-8(15)12(9(16)4-6)18-10(20)5-22-14(21)11-7(2)19-23-13(11)17/h3-4H,5,17H2,1-2H3,(H,18,20). The molecule has 0 unspecified atom stereocenters. The van der Waals surface area contributed by atoms with Crippen LogP contribution in [0.25, 0.3) is 0 Å². The smallest absolute Gasteiger partial charge is 0.346 e. The summed E-state index contributed by atoms with van der Waals surface area (Å²) >= 11 is 6.73. The fourth-order valence-corrected chi connectivity index (χ4v) is 3.45. The highest BCUT2D eigenvalue weighted by Gasteiger charge is 2.21. The highest BCUT2D eigenvalue weighted by molar-refractivity contribution is 9.11. The molecule has 122 valence electrons. The second-order valence-electron chi connectivity index (χ2n) is 4.74. The molecule has 0 aliphatic heterocycles. The van der Waals surface area contributed by atoms with Crippen LogP contribution in [0.3, 0.4) is 0 Å². The number of nitrogens with one attached hydrogen (secondary N) is 1. The van der Waals surface area contributed by atoms with Crippen LogP contribution in [-0.2, 0) is 9.53 Å². The molecular weight excluding hydrogens is 434 g/mol. The normalized spacial score (nSPS) is 10.4. The fraction of sp³-hybridized carbons (Fsp3) is 0.214. The third-order valence-electron chi connectivity index (χ3n) is 2.88. The van der Waals surface area contributed by atoms with Crippen molar-refractivity contribution in [2.45, 2.75) is 13.8 Å². The Morgan fingerprint density at radius 2 is 1.91 bits per heavy atom. The van der Waals surface area contributed by atoms with Gasteiger partial charge in [-0.15, -0.1) is 0 Å². The zero-order valence-electron chi connectivity index (χ0n) is 12.3. The maximum absolute atomic E-state index is 11.9. The molecular formula is C14H13Br2N3O4. The number of carbonyl (C=O) groups is 2. The summed E-state index contributed by atoms with van der Waals surface area (Å²) in [6.45, 7) is 3.02. The van der Waals surface area contributed by atoms with Crippen molar-refractivity contribution in [3.63, 3.8) is 0 Å². The highest BCUT2D eigenvalue weighted by atomic mass is 79.9. The van der Waals surface area contributed by atoms with Crippen molar-refractivity contribution < 1.29 is 18.8 Å². The molecule has 7 nitrogen and oxygen atoms in total. The molecule has 1 amide bonds. The van der Waals surface area contributed by atoms with E-state index in [0.29, 0.717) is 20.3 Å². The van der Waals surface area contributed by atoms with E-state index in [9.17, 15) is 9.59 Å². The molecule has 0 spiro atoms. The Labute approximate surface area is 148 Å². The van der Waals surface area contributed by atoms with Gasteiger partial charge in [0.15, 0.2) is 6.61 Å². The van der Waals surface area contributed by atoms with E-state index in [1.807, 2.05) is 19.1 Å². The zero-order chi connectivity index (χ0) is 17.1. The number of esters is 1. The van der Waals surface area contributed by atoms with Crippen molar-refractivity contribution in [2.24, 2.45) is 0 Å². The molecule has 3 N–H and O–H groups in total. The Kier molecular flexibility index (Phi) is 5.42. The number of carbonyl (C=O) groups excluding carboxylic acids is 2. The summed E-state index contributed by atoms with van der Waals surface area (Å²) in [7, 11) is 0. The summed E-state index contributed by atoms with van der Waals surface area (Å²) in [5.74, 6) is -1.40. The van der Waals surface area contributed by atoms with Crippen LogP contribution in [0.4, 0.5) is 11.6 Å². The van der Waals surface area contributed by atoms with Gasteiger partial charge in [-0.25, -0.2) is 4.79 Å². The molecule has 0 bridgehead atoms. The Bertz CT molecular complexity index is 731. The van der Waals surface area contributed by atoms with E-state index in [0.717, 1.165) is 5.56 Å². The van der Waals surface area contributed by atoms with Gasteiger partial charge in [-0.3, -0.25) is 4.79 Å². The van der Waals surface area contributed by atoms with E-state index in [4.69, 9.17) is 10.5 Å². The van der Waals surface area contributed by atoms with E-state index >= 15 is 0 Å². The van der Waals surface area contributed by atoms with Gasteiger partial charge >= 0.3 is 5.97 Å². The minimum Gasteiger partial charge on any atom is -0.452 e. The van der Waals surface area contributed by atoms with Gasteiger partial charge in [-0.05, 0) is 63.4 Å². The Balaban J connectivity index is 2.00. The Morgan fingerprint density at radius 1 is 1.30 bits per heavy atom. The quantitative estimate of drug-likeness (QED) is 0.698. The Morgan fingerprint density at radius 3 is 2.43 bits per heavy atom. The summed E-state index contributed by atoms with van der Waals surface area (Å²) in [6.07, 6.45) is 0. The van der Waals surface area contributed by atoms with Crippen LogP contribution in [0.15, 0.2) is 25.6 Å². The van der Waals surface area contributed by atoms with Gasteiger partial charge in [0.05, 0.1) is 11.4 Å². The summed E-state index contributed by atoms with van der Waals surface area (Å²) in [5.41, 5.74) is 7.38. The molecule has 23 heavy (non-hydrogen) atoms. The molecule has 9 heteroatoms. The van der Waals surface area contributed by atoms with Gasteiger partial charge in [0.25, 0.3) is 5.91 Å². The number of aromatic nitrogens is 1. The number of anilines is 2.